The standard InChI is InChI=1S/C22H25NO8/c1-26-15-7-8-17(27-2)16(11-15)23-21(24)13-31-22(25)9-6-14-10-19(29-4)20(30-5)12-18(14)28-3/h6-12H,13H2,1-5H3,(H,23,24)/b9-6+. The Kier molecular flexibility index (Phi) is 8.56. The minimum atomic E-state index is -0.704. The van der Waals surface area contributed by atoms with Gasteiger partial charge in [-0.25, -0.2) is 4.79 Å². The van der Waals surface area contributed by atoms with Crippen LogP contribution in [-0.4, -0.2) is 54.0 Å². The third-order valence-electron chi connectivity index (χ3n) is 4.16. The van der Waals surface area contributed by atoms with Crippen LogP contribution in [0.4, 0.5) is 5.69 Å². The van der Waals surface area contributed by atoms with Crippen LogP contribution in [0.15, 0.2) is 36.4 Å². The predicted octanol–water partition coefficient (Wildman–Crippen LogP) is 2.92. The topological polar surface area (TPSA) is 102 Å². The van der Waals surface area contributed by atoms with Crippen molar-refractivity contribution in [3.05, 3.63) is 42.0 Å². The van der Waals surface area contributed by atoms with E-state index in [1.807, 2.05) is 0 Å². The van der Waals surface area contributed by atoms with Gasteiger partial charge in [0, 0.05) is 23.8 Å². The van der Waals surface area contributed by atoms with Crippen LogP contribution in [0, 0.1) is 0 Å². The van der Waals surface area contributed by atoms with E-state index in [9.17, 15) is 9.59 Å². The Bertz CT molecular complexity index is 955. The summed E-state index contributed by atoms with van der Waals surface area (Å²) in [5.41, 5.74) is 0.969. The summed E-state index contributed by atoms with van der Waals surface area (Å²) in [5.74, 6) is 1.19. The summed E-state index contributed by atoms with van der Waals surface area (Å²) >= 11 is 0. The molecule has 0 bridgehead atoms. The fraction of sp³-hybridized carbons (Fsp3) is 0.273. The number of esters is 1. The second-order valence-electron chi connectivity index (χ2n) is 6.00. The molecule has 0 spiro atoms. The average molecular weight is 431 g/mol. The summed E-state index contributed by atoms with van der Waals surface area (Å²) < 4.78 is 31.1. The lowest BCUT2D eigenvalue weighted by Crippen LogP contribution is -2.20. The summed E-state index contributed by atoms with van der Waals surface area (Å²) in [6.45, 7) is -0.480. The van der Waals surface area contributed by atoms with E-state index >= 15 is 0 Å². The lowest BCUT2D eigenvalue weighted by atomic mass is 10.1. The number of nitrogens with one attached hydrogen (secondary N) is 1. The van der Waals surface area contributed by atoms with E-state index in [0.717, 1.165) is 0 Å². The average Bonchev–Trinajstić information content (AvgIpc) is 2.80. The molecule has 0 unspecified atom stereocenters. The van der Waals surface area contributed by atoms with E-state index in [1.54, 1.807) is 30.3 Å². The molecule has 0 saturated carbocycles. The number of methoxy groups -OCH3 is 5. The number of hydrogen-bond acceptors (Lipinski definition) is 8. The zero-order valence-corrected chi connectivity index (χ0v) is 18.0. The van der Waals surface area contributed by atoms with E-state index in [0.29, 0.717) is 40.0 Å². The number of carbonyl (C=O) groups excluding carboxylic acids is 2. The molecule has 0 aliphatic heterocycles. The first-order valence-corrected chi connectivity index (χ1v) is 9.12. The van der Waals surface area contributed by atoms with Crippen LogP contribution in [0.5, 0.6) is 28.7 Å². The fourth-order valence-electron chi connectivity index (χ4n) is 2.62. The van der Waals surface area contributed by atoms with Gasteiger partial charge in [-0.2, -0.15) is 0 Å². The highest BCUT2D eigenvalue weighted by Gasteiger charge is 2.12. The van der Waals surface area contributed by atoms with Crippen molar-refractivity contribution in [3.8, 4) is 28.7 Å². The van der Waals surface area contributed by atoms with E-state index in [-0.39, 0.29) is 0 Å². The van der Waals surface area contributed by atoms with Gasteiger partial charge < -0.3 is 33.7 Å². The molecule has 0 aliphatic carbocycles. The molecule has 2 aromatic carbocycles. The number of ether oxygens (including phenoxy) is 6. The summed E-state index contributed by atoms with van der Waals surface area (Å²) in [6, 6.07) is 8.24. The van der Waals surface area contributed by atoms with Crippen molar-refractivity contribution in [2.75, 3.05) is 47.5 Å². The molecule has 0 fully saturated rings. The molecular weight excluding hydrogens is 406 g/mol. The van der Waals surface area contributed by atoms with Crippen molar-refractivity contribution in [3.63, 3.8) is 0 Å². The van der Waals surface area contributed by atoms with Gasteiger partial charge in [0.2, 0.25) is 0 Å². The minimum Gasteiger partial charge on any atom is -0.497 e. The van der Waals surface area contributed by atoms with Gasteiger partial charge >= 0.3 is 5.97 Å². The van der Waals surface area contributed by atoms with Gasteiger partial charge in [0.1, 0.15) is 17.2 Å². The second-order valence-corrected chi connectivity index (χ2v) is 6.00. The van der Waals surface area contributed by atoms with Gasteiger partial charge in [-0.05, 0) is 24.3 Å². The molecular formula is C22H25NO8. The predicted molar refractivity (Wildman–Crippen MR) is 114 cm³/mol. The van der Waals surface area contributed by atoms with Crippen molar-refractivity contribution < 1.29 is 38.0 Å². The molecule has 0 aromatic heterocycles. The smallest absolute Gasteiger partial charge is 0.331 e. The molecule has 0 heterocycles. The van der Waals surface area contributed by atoms with Crippen LogP contribution in [0.2, 0.25) is 0 Å². The van der Waals surface area contributed by atoms with Crippen molar-refractivity contribution >= 4 is 23.6 Å². The Balaban J connectivity index is 2.01. The maximum Gasteiger partial charge on any atom is 0.331 e. The molecule has 9 heteroatoms. The van der Waals surface area contributed by atoms with E-state index in [1.165, 1.54) is 47.7 Å². The molecule has 1 N–H and O–H groups in total. The van der Waals surface area contributed by atoms with Crippen molar-refractivity contribution in [1.29, 1.82) is 0 Å². The molecule has 0 radical (unpaired) electrons. The zero-order chi connectivity index (χ0) is 22.8. The Hall–Kier alpha value is -3.88. The maximum absolute atomic E-state index is 12.2. The molecule has 31 heavy (non-hydrogen) atoms. The summed E-state index contributed by atoms with van der Waals surface area (Å²) in [4.78, 5) is 24.2. The second kappa shape index (κ2) is 11.3. The third-order valence-corrected chi connectivity index (χ3v) is 4.16. The van der Waals surface area contributed by atoms with Crippen LogP contribution < -0.4 is 29.0 Å². The monoisotopic (exact) mass is 431 g/mol. The number of hydrogen-bond donors (Lipinski definition) is 1. The number of amides is 1. The van der Waals surface area contributed by atoms with Crippen LogP contribution in [0.1, 0.15) is 5.56 Å². The molecule has 0 saturated heterocycles. The van der Waals surface area contributed by atoms with Crippen LogP contribution in [0.25, 0.3) is 6.08 Å². The first-order valence-electron chi connectivity index (χ1n) is 9.12. The van der Waals surface area contributed by atoms with E-state index < -0.39 is 18.5 Å². The Labute approximate surface area is 180 Å². The lowest BCUT2D eigenvalue weighted by Gasteiger charge is -2.12. The van der Waals surface area contributed by atoms with Gasteiger partial charge in [-0.3, -0.25) is 4.79 Å². The molecule has 1 amide bonds. The highest BCUT2D eigenvalue weighted by Crippen LogP contribution is 2.35. The number of carbonyl (C=O) groups is 2. The molecule has 0 aliphatic rings. The minimum absolute atomic E-state index is 0.397. The highest BCUT2D eigenvalue weighted by atomic mass is 16.5. The zero-order valence-electron chi connectivity index (χ0n) is 18.0. The number of rotatable bonds is 10. The van der Waals surface area contributed by atoms with E-state index in [4.69, 9.17) is 28.4 Å². The Morgan fingerprint density at radius 2 is 1.45 bits per heavy atom. The van der Waals surface area contributed by atoms with Gasteiger partial charge in [0.15, 0.2) is 18.1 Å². The first kappa shape index (κ1) is 23.4. The largest absolute Gasteiger partial charge is 0.497 e. The SMILES string of the molecule is COc1ccc(OC)c(NC(=O)COC(=O)/C=C/c2cc(OC)c(OC)cc2OC)c1. The van der Waals surface area contributed by atoms with Crippen LogP contribution in [0.3, 0.4) is 0 Å². The number of anilines is 1. The molecule has 166 valence electrons. The van der Waals surface area contributed by atoms with Gasteiger partial charge in [0.25, 0.3) is 5.91 Å². The third kappa shape index (κ3) is 6.30. The van der Waals surface area contributed by atoms with Crippen LogP contribution >= 0.6 is 0 Å². The highest BCUT2D eigenvalue weighted by molar-refractivity contribution is 5.96. The summed E-state index contributed by atoms with van der Waals surface area (Å²) in [7, 11) is 7.49. The normalized spacial score (nSPS) is 10.4. The first-order chi connectivity index (χ1) is 14.9. The van der Waals surface area contributed by atoms with E-state index in [2.05, 4.69) is 5.32 Å². The van der Waals surface area contributed by atoms with Gasteiger partial charge in [0.05, 0.1) is 41.2 Å². The van der Waals surface area contributed by atoms with Crippen molar-refractivity contribution in [2.45, 2.75) is 0 Å². The summed E-state index contributed by atoms with van der Waals surface area (Å²) in [6.07, 6.45) is 2.68. The molecule has 0 atom stereocenters. The van der Waals surface area contributed by atoms with Gasteiger partial charge in [-0.1, -0.05) is 0 Å². The summed E-state index contributed by atoms with van der Waals surface area (Å²) in [5, 5.41) is 2.62. The lowest BCUT2D eigenvalue weighted by molar-refractivity contribution is -0.142. The molecule has 2 rings (SSSR count). The molecule has 9 nitrogen and oxygen atoms in total. The quantitative estimate of drug-likeness (QED) is 0.453. The maximum atomic E-state index is 12.2. The Morgan fingerprint density at radius 3 is 2.06 bits per heavy atom. The van der Waals surface area contributed by atoms with Crippen molar-refractivity contribution in [2.24, 2.45) is 0 Å². The number of benzene rings is 2. The van der Waals surface area contributed by atoms with Gasteiger partial charge in [-0.15, -0.1) is 0 Å². The van der Waals surface area contributed by atoms with Crippen molar-refractivity contribution in [1.82, 2.24) is 0 Å². The fourth-order valence-corrected chi connectivity index (χ4v) is 2.62. The Morgan fingerprint density at radius 1 is 0.806 bits per heavy atom. The van der Waals surface area contributed by atoms with Crippen LogP contribution in [-0.2, 0) is 14.3 Å². The molecule has 2 aromatic rings.